The van der Waals surface area contributed by atoms with Crippen LogP contribution in [0.1, 0.15) is 67.2 Å². The first kappa shape index (κ1) is 23.3. The van der Waals surface area contributed by atoms with Gasteiger partial charge in [-0.15, -0.1) is 0 Å². The normalized spacial score (nSPS) is 22.3. The SMILES string of the molecule is COC1=C(c2c(C)cc(C)cc2C)C(=O)N(OCC2CCCCC2)C12CCN(OC)CC2. The van der Waals surface area contributed by atoms with Gasteiger partial charge in [-0.3, -0.25) is 9.63 Å². The number of piperidine rings is 1. The molecule has 3 aliphatic rings. The zero-order chi connectivity index (χ0) is 22.9. The smallest absolute Gasteiger partial charge is 0.282 e. The number of aryl methyl sites for hydroxylation is 3. The molecule has 2 aliphatic heterocycles. The van der Waals surface area contributed by atoms with Crippen LogP contribution in [0.25, 0.3) is 5.57 Å². The fourth-order valence-corrected chi connectivity index (χ4v) is 5.99. The third-order valence-corrected chi connectivity index (χ3v) is 7.54. The molecule has 0 atom stereocenters. The Morgan fingerprint density at radius 3 is 2.19 bits per heavy atom. The summed E-state index contributed by atoms with van der Waals surface area (Å²) < 4.78 is 6.05. The van der Waals surface area contributed by atoms with Crippen LogP contribution in [0.5, 0.6) is 0 Å². The van der Waals surface area contributed by atoms with E-state index in [4.69, 9.17) is 14.4 Å². The molecular weight excluding hydrogens is 404 g/mol. The number of hydroxylamine groups is 4. The predicted molar refractivity (Wildman–Crippen MR) is 125 cm³/mol. The molecule has 6 heteroatoms. The van der Waals surface area contributed by atoms with Gasteiger partial charge in [0.25, 0.3) is 5.91 Å². The van der Waals surface area contributed by atoms with Crippen LogP contribution >= 0.6 is 0 Å². The molecule has 1 spiro atoms. The topological polar surface area (TPSA) is 51.2 Å². The maximum absolute atomic E-state index is 14.0. The molecule has 2 fully saturated rings. The molecule has 6 nitrogen and oxygen atoms in total. The maximum Gasteiger partial charge on any atom is 0.282 e. The molecule has 1 aromatic carbocycles. The molecule has 176 valence electrons. The van der Waals surface area contributed by atoms with Gasteiger partial charge in [-0.2, -0.15) is 5.06 Å². The van der Waals surface area contributed by atoms with Gasteiger partial charge in [0.1, 0.15) is 11.3 Å². The first-order chi connectivity index (χ1) is 15.4. The van der Waals surface area contributed by atoms with Crippen LogP contribution in [-0.2, 0) is 19.2 Å². The lowest BCUT2D eigenvalue weighted by molar-refractivity contribution is -0.238. The van der Waals surface area contributed by atoms with Gasteiger partial charge in [0.05, 0.1) is 26.4 Å². The molecule has 32 heavy (non-hydrogen) atoms. The van der Waals surface area contributed by atoms with Gasteiger partial charge in [-0.05, 0) is 69.1 Å². The number of ether oxygens (including phenoxy) is 1. The monoisotopic (exact) mass is 442 g/mol. The molecule has 0 aromatic heterocycles. The second kappa shape index (κ2) is 9.54. The second-order valence-corrected chi connectivity index (χ2v) is 9.72. The fraction of sp³-hybridized carbons (Fsp3) is 0.654. The first-order valence-electron chi connectivity index (χ1n) is 12.0. The zero-order valence-corrected chi connectivity index (χ0v) is 20.3. The average molecular weight is 443 g/mol. The Bertz CT molecular complexity index is 857. The summed E-state index contributed by atoms with van der Waals surface area (Å²) in [6.45, 7) is 8.28. The van der Waals surface area contributed by atoms with E-state index in [0.29, 0.717) is 30.9 Å². The first-order valence-corrected chi connectivity index (χ1v) is 12.0. The highest BCUT2D eigenvalue weighted by atomic mass is 16.7. The van der Waals surface area contributed by atoms with Crippen molar-refractivity contribution in [1.82, 2.24) is 10.1 Å². The van der Waals surface area contributed by atoms with E-state index in [2.05, 4.69) is 32.9 Å². The predicted octanol–water partition coefficient (Wildman–Crippen LogP) is 4.72. The highest BCUT2D eigenvalue weighted by molar-refractivity contribution is 6.23. The Kier molecular flexibility index (Phi) is 6.94. The molecule has 0 bridgehead atoms. The van der Waals surface area contributed by atoms with E-state index in [0.717, 1.165) is 35.5 Å². The minimum Gasteiger partial charge on any atom is -0.498 e. The lowest BCUT2D eigenvalue weighted by Crippen LogP contribution is -2.55. The van der Waals surface area contributed by atoms with E-state index in [-0.39, 0.29) is 5.91 Å². The quantitative estimate of drug-likeness (QED) is 0.638. The van der Waals surface area contributed by atoms with Crippen molar-refractivity contribution in [1.29, 1.82) is 0 Å². The molecule has 2 heterocycles. The van der Waals surface area contributed by atoms with Crippen molar-refractivity contribution in [3.8, 4) is 0 Å². The Morgan fingerprint density at radius 1 is 1.00 bits per heavy atom. The van der Waals surface area contributed by atoms with Gasteiger partial charge in [0, 0.05) is 13.1 Å². The van der Waals surface area contributed by atoms with Crippen LogP contribution in [0, 0.1) is 26.7 Å². The second-order valence-electron chi connectivity index (χ2n) is 9.72. The van der Waals surface area contributed by atoms with E-state index < -0.39 is 5.54 Å². The van der Waals surface area contributed by atoms with Gasteiger partial charge in [0.15, 0.2) is 0 Å². The number of nitrogens with zero attached hydrogens (tertiary/aromatic N) is 2. The summed E-state index contributed by atoms with van der Waals surface area (Å²) in [6.07, 6.45) is 7.61. The molecular formula is C26H38N2O4. The molecule has 0 N–H and O–H groups in total. The standard InChI is InChI=1S/C26H38N2O4/c1-18-15-19(2)22(20(3)16-18)23-24(30-4)26(11-13-27(31-5)14-12-26)28(25(23)29)32-17-21-9-7-6-8-10-21/h15-16,21H,6-14,17H2,1-5H3. The summed E-state index contributed by atoms with van der Waals surface area (Å²) in [4.78, 5) is 25.9. The maximum atomic E-state index is 14.0. The molecule has 1 saturated heterocycles. The third kappa shape index (κ3) is 4.09. The van der Waals surface area contributed by atoms with Gasteiger partial charge in [-0.25, -0.2) is 5.06 Å². The van der Waals surface area contributed by atoms with E-state index in [9.17, 15) is 4.79 Å². The number of hydrogen-bond donors (Lipinski definition) is 0. The Balaban J connectivity index is 1.73. The fourth-order valence-electron chi connectivity index (χ4n) is 5.99. The number of benzene rings is 1. The zero-order valence-electron chi connectivity index (χ0n) is 20.3. The van der Waals surface area contributed by atoms with Crippen molar-refractivity contribution in [2.75, 3.05) is 33.9 Å². The highest BCUT2D eigenvalue weighted by Gasteiger charge is 2.56. The van der Waals surface area contributed by atoms with Crippen LogP contribution in [0.3, 0.4) is 0 Å². The molecule has 1 aromatic rings. The Morgan fingerprint density at radius 2 is 1.62 bits per heavy atom. The van der Waals surface area contributed by atoms with Crippen LogP contribution in [0.4, 0.5) is 0 Å². The molecule has 1 aliphatic carbocycles. The van der Waals surface area contributed by atoms with Crippen LogP contribution < -0.4 is 0 Å². The van der Waals surface area contributed by atoms with Crippen LogP contribution in [-0.4, -0.2) is 55.5 Å². The van der Waals surface area contributed by atoms with E-state index >= 15 is 0 Å². The number of hydrogen-bond acceptors (Lipinski definition) is 5. The minimum atomic E-state index is -0.589. The number of rotatable bonds is 6. The Hall–Kier alpha value is -1.89. The van der Waals surface area contributed by atoms with Crippen LogP contribution in [0.2, 0.25) is 0 Å². The minimum absolute atomic E-state index is 0.0708. The van der Waals surface area contributed by atoms with Crippen molar-refractivity contribution >= 4 is 11.5 Å². The lowest BCUT2D eigenvalue weighted by Gasteiger charge is -2.44. The summed E-state index contributed by atoms with van der Waals surface area (Å²) in [5, 5.41) is 3.63. The summed E-state index contributed by atoms with van der Waals surface area (Å²) in [5.41, 5.74) is 4.45. The van der Waals surface area contributed by atoms with Gasteiger partial charge in [0.2, 0.25) is 0 Å². The lowest BCUT2D eigenvalue weighted by atomic mass is 9.84. The summed E-state index contributed by atoms with van der Waals surface area (Å²) >= 11 is 0. The van der Waals surface area contributed by atoms with E-state index in [1.54, 1.807) is 19.3 Å². The van der Waals surface area contributed by atoms with Gasteiger partial charge < -0.3 is 9.57 Å². The number of amides is 1. The largest absolute Gasteiger partial charge is 0.498 e. The average Bonchev–Trinajstić information content (AvgIpc) is 3.00. The van der Waals surface area contributed by atoms with Gasteiger partial charge >= 0.3 is 0 Å². The summed E-state index contributed by atoms with van der Waals surface area (Å²) in [5.74, 6) is 1.20. The Labute approximate surface area is 192 Å². The summed E-state index contributed by atoms with van der Waals surface area (Å²) in [6, 6.07) is 4.28. The molecule has 0 unspecified atom stereocenters. The number of carbonyl (C=O) groups excluding carboxylic acids is 1. The molecule has 1 amide bonds. The molecule has 4 rings (SSSR count). The third-order valence-electron chi connectivity index (χ3n) is 7.54. The highest BCUT2D eigenvalue weighted by Crippen LogP contribution is 2.48. The van der Waals surface area contributed by atoms with Crippen molar-refractivity contribution in [3.05, 3.63) is 40.1 Å². The van der Waals surface area contributed by atoms with Crippen molar-refractivity contribution in [2.45, 2.75) is 71.3 Å². The molecule has 0 radical (unpaired) electrons. The molecule has 1 saturated carbocycles. The van der Waals surface area contributed by atoms with Gasteiger partial charge in [-0.1, -0.05) is 37.0 Å². The van der Waals surface area contributed by atoms with E-state index in [1.165, 1.54) is 37.7 Å². The number of methoxy groups -OCH3 is 1. The van der Waals surface area contributed by atoms with Crippen molar-refractivity contribution in [3.63, 3.8) is 0 Å². The van der Waals surface area contributed by atoms with Crippen molar-refractivity contribution in [2.24, 2.45) is 5.92 Å². The van der Waals surface area contributed by atoms with Crippen LogP contribution in [0.15, 0.2) is 17.9 Å². The van der Waals surface area contributed by atoms with E-state index in [1.807, 2.05) is 5.06 Å². The number of carbonyl (C=O) groups is 1. The summed E-state index contributed by atoms with van der Waals surface area (Å²) in [7, 11) is 3.39. The van der Waals surface area contributed by atoms with Crippen molar-refractivity contribution < 1.29 is 19.2 Å².